The first-order valence-electron chi connectivity index (χ1n) is 5.73. The minimum atomic E-state index is -0.695. The number of carbonyl (C=O) groups excluding carboxylic acids is 1. The van der Waals surface area contributed by atoms with Crippen molar-refractivity contribution in [2.24, 2.45) is 5.73 Å². The number of amides is 1. The summed E-state index contributed by atoms with van der Waals surface area (Å²) in [6, 6.07) is 7.34. The molecule has 0 bridgehead atoms. The van der Waals surface area contributed by atoms with Gasteiger partial charge in [0, 0.05) is 17.3 Å². The largest absolute Gasteiger partial charge is 0.488 e. The molecular weight excluding hydrogens is 266 g/mol. The monoisotopic (exact) mass is 278 g/mol. The van der Waals surface area contributed by atoms with E-state index >= 15 is 0 Å². The number of rotatable bonds is 4. The number of ether oxygens (including phenoxy) is 1. The van der Waals surface area contributed by atoms with Crippen molar-refractivity contribution in [1.29, 1.82) is 0 Å². The first-order chi connectivity index (χ1) is 9.47. The summed E-state index contributed by atoms with van der Waals surface area (Å²) in [6.07, 6.45) is 0. The van der Waals surface area contributed by atoms with Crippen molar-refractivity contribution in [2.45, 2.75) is 6.61 Å². The van der Waals surface area contributed by atoms with E-state index in [1.807, 2.05) is 0 Å². The maximum absolute atomic E-state index is 13.4. The van der Waals surface area contributed by atoms with Crippen LogP contribution in [-0.4, -0.2) is 5.91 Å². The molecule has 0 saturated carbocycles. The molecule has 1 amide bonds. The van der Waals surface area contributed by atoms with Crippen LogP contribution >= 0.6 is 0 Å². The van der Waals surface area contributed by atoms with Crippen LogP contribution in [0.5, 0.6) is 5.75 Å². The van der Waals surface area contributed by atoms with E-state index in [9.17, 15) is 13.6 Å². The van der Waals surface area contributed by atoms with E-state index in [0.29, 0.717) is 5.69 Å². The number of benzene rings is 2. The zero-order valence-corrected chi connectivity index (χ0v) is 10.4. The molecule has 2 rings (SSSR count). The number of nitrogens with two attached hydrogens (primary N) is 2. The zero-order chi connectivity index (χ0) is 14.7. The van der Waals surface area contributed by atoms with Crippen molar-refractivity contribution >= 4 is 11.6 Å². The van der Waals surface area contributed by atoms with Crippen LogP contribution in [0.25, 0.3) is 0 Å². The second kappa shape index (κ2) is 5.56. The zero-order valence-electron chi connectivity index (χ0n) is 10.4. The van der Waals surface area contributed by atoms with E-state index in [1.54, 1.807) is 0 Å². The molecule has 0 fully saturated rings. The van der Waals surface area contributed by atoms with Gasteiger partial charge >= 0.3 is 0 Å². The quantitative estimate of drug-likeness (QED) is 0.842. The van der Waals surface area contributed by atoms with Gasteiger partial charge in [0.25, 0.3) is 5.91 Å². The predicted octanol–water partition coefficient (Wildman–Crippen LogP) is 2.22. The van der Waals surface area contributed by atoms with Crippen LogP contribution in [0.1, 0.15) is 15.9 Å². The molecule has 0 heterocycles. The van der Waals surface area contributed by atoms with Gasteiger partial charge in [-0.3, -0.25) is 4.79 Å². The van der Waals surface area contributed by atoms with E-state index in [0.717, 1.165) is 18.2 Å². The normalized spacial score (nSPS) is 10.3. The summed E-state index contributed by atoms with van der Waals surface area (Å²) in [6.45, 7) is -0.243. The van der Waals surface area contributed by atoms with Crippen molar-refractivity contribution in [3.8, 4) is 5.75 Å². The lowest BCUT2D eigenvalue weighted by molar-refractivity contribution is 0.0996. The third-order valence-corrected chi connectivity index (χ3v) is 2.66. The van der Waals surface area contributed by atoms with Gasteiger partial charge in [0.1, 0.15) is 24.0 Å². The fourth-order valence-corrected chi connectivity index (χ4v) is 1.67. The van der Waals surface area contributed by atoms with Crippen LogP contribution in [0, 0.1) is 11.6 Å². The van der Waals surface area contributed by atoms with Crippen molar-refractivity contribution in [3.05, 3.63) is 59.2 Å². The fraction of sp³-hybridized carbons (Fsp3) is 0.0714. The summed E-state index contributed by atoms with van der Waals surface area (Å²) < 4.78 is 31.8. The number of anilines is 1. The van der Waals surface area contributed by atoms with Crippen LogP contribution in [0.3, 0.4) is 0 Å². The van der Waals surface area contributed by atoms with Gasteiger partial charge < -0.3 is 16.2 Å². The second-order valence-electron chi connectivity index (χ2n) is 4.14. The van der Waals surface area contributed by atoms with Gasteiger partial charge in [0.05, 0.1) is 5.56 Å². The highest BCUT2D eigenvalue weighted by atomic mass is 19.1. The van der Waals surface area contributed by atoms with Crippen molar-refractivity contribution in [1.82, 2.24) is 0 Å². The lowest BCUT2D eigenvalue weighted by Gasteiger charge is -2.11. The smallest absolute Gasteiger partial charge is 0.252 e. The Bertz CT molecular complexity index is 660. The van der Waals surface area contributed by atoms with Gasteiger partial charge in [-0.25, -0.2) is 8.78 Å². The Morgan fingerprint density at radius 1 is 1.15 bits per heavy atom. The SMILES string of the molecule is NC(=O)c1ccc(N)cc1OCc1cc(F)ccc1F. The summed E-state index contributed by atoms with van der Waals surface area (Å²) in [5.41, 5.74) is 11.3. The van der Waals surface area contributed by atoms with E-state index < -0.39 is 17.5 Å². The molecule has 0 radical (unpaired) electrons. The molecule has 0 aliphatic rings. The molecule has 2 aromatic carbocycles. The van der Waals surface area contributed by atoms with E-state index in [2.05, 4.69) is 0 Å². The highest BCUT2D eigenvalue weighted by Crippen LogP contribution is 2.23. The summed E-state index contributed by atoms with van der Waals surface area (Å²) >= 11 is 0. The Balaban J connectivity index is 2.24. The molecule has 2 aromatic rings. The molecule has 104 valence electrons. The molecule has 0 atom stereocenters. The van der Waals surface area contributed by atoms with Crippen LogP contribution in [-0.2, 0) is 6.61 Å². The molecular formula is C14H12F2N2O2. The molecule has 4 nitrogen and oxygen atoms in total. The van der Waals surface area contributed by atoms with Crippen molar-refractivity contribution in [2.75, 3.05) is 5.73 Å². The maximum atomic E-state index is 13.4. The lowest BCUT2D eigenvalue weighted by Crippen LogP contribution is -2.13. The van der Waals surface area contributed by atoms with Crippen LogP contribution in [0.15, 0.2) is 36.4 Å². The van der Waals surface area contributed by atoms with Gasteiger partial charge in [-0.15, -0.1) is 0 Å². The van der Waals surface area contributed by atoms with E-state index in [-0.39, 0.29) is 23.5 Å². The molecule has 0 saturated heterocycles. The summed E-state index contributed by atoms with van der Waals surface area (Å²) in [5.74, 6) is -1.75. The third kappa shape index (κ3) is 3.03. The third-order valence-electron chi connectivity index (χ3n) is 2.66. The first kappa shape index (κ1) is 13.8. The van der Waals surface area contributed by atoms with E-state index in [4.69, 9.17) is 16.2 Å². The number of carbonyl (C=O) groups is 1. The average Bonchev–Trinajstić information content (AvgIpc) is 2.39. The maximum Gasteiger partial charge on any atom is 0.252 e. The average molecular weight is 278 g/mol. The standard InChI is InChI=1S/C14H12F2N2O2/c15-9-1-4-12(16)8(5-9)7-20-13-6-10(17)2-3-11(13)14(18)19/h1-6H,7,17H2,(H2,18,19). The molecule has 6 heteroatoms. The highest BCUT2D eigenvalue weighted by molar-refractivity contribution is 5.96. The lowest BCUT2D eigenvalue weighted by atomic mass is 10.1. The molecule has 4 N–H and O–H groups in total. The number of primary amides is 1. The van der Waals surface area contributed by atoms with E-state index in [1.165, 1.54) is 18.2 Å². The Kier molecular flexibility index (Phi) is 3.84. The Morgan fingerprint density at radius 3 is 2.60 bits per heavy atom. The topological polar surface area (TPSA) is 78.3 Å². The minimum Gasteiger partial charge on any atom is -0.488 e. The fourth-order valence-electron chi connectivity index (χ4n) is 1.67. The van der Waals surface area contributed by atoms with Gasteiger partial charge in [-0.05, 0) is 30.3 Å². The van der Waals surface area contributed by atoms with Gasteiger partial charge in [-0.1, -0.05) is 0 Å². The van der Waals surface area contributed by atoms with Gasteiger partial charge in [0.2, 0.25) is 0 Å². The molecule has 0 aromatic heterocycles. The summed E-state index contributed by atoms with van der Waals surface area (Å²) in [7, 11) is 0. The second-order valence-corrected chi connectivity index (χ2v) is 4.14. The molecule has 0 spiro atoms. The Morgan fingerprint density at radius 2 is 1.90 bits per heavy atom. The van der Waals surface area contributed by atoms with Crippen molar-refractivity contribution < 1.29 is 18.3 Å². The number of halogens is 2. The van der Waals surface area contributed by atoms with Crippen LogP contribution < -0.4 is 16.2 Å². The predicted molar refractivity (Wildman–Crippen MR) is 70.1 cm³/mol. The van der Waals surface area contributed by atoms with Crippen molar-refractivity contribution in [3.63, 3.8) is 0 Å². The highest BCUT2D eigenvalue weighted by Gasteiger charge is 2.11. The Hall–Kier alpha value is -2.63. The first-order valence-corrected chi connectivity index (χ1v) is 5.73. The van der Waals surface area contributed by atoms with Crippen LogP contribution in [0.2, 0.25) is 0 Å². The number of hydrogen-bond donors (Lipinski definition) is 2. The molecule has 0 aliphatic heterocycles. The molecule has 0 unspecified atom stereocenters. The van der Waals surface area contributed by atoms with Gasteiger partial charge in [-0.2, -0.15) is 0 Å². The number of nitrogen functional groups attached to an aromatic ring is 1. The minimum absolute atomic E-state index is 0.0304. The van der Waals surface area contributed by atoms with Crippen LogP contribution in [0.4, 0.5) is 14.5 Å². The molecule has 0 aliphatic carbocycles. The Labute approximate surface area is 114 Å². The summed E-state index contributed by atoms with van der Waals surface area (Å²) in [5, 5.41) is 0. The van der Waals surface area contributed by atoms with Gasteiger partial charge in [0.15, 0.2) is 0 Å². The summed E-state index contributed by atoms with van der Waals surface area (Å²) in [4.78, 5) is 11.2. The molecule has 20 heavy (non-hydrogen) atoms. The number of hydrogen-bond acceptors (Lipinski definition) is 3.